The van der Waals surface area contributed by atoms with E-state index in [1.807, 2.05) is 25.1 Å². The quantitative estimate of drug-likeness (QED) is 0.525. The van der Waals surface area contributed by atoms with Crippen LogP contribution in [0, 0.1) is 13.8 Å². The molecule has 0 spiro atoms. The molecule has 0 bridgehead atoms. The smallest absolute Gasteiger partial charge is 0.229 e. The minimum absolute atomic E-state index is 0.0454. The molecule has 144 valence electrons. The first kappa shape index (κ1) is 19.5. The number of nitrogens with zero attached hydrogens (tertiary/aromatic N) is 2. The molecule has 5 nitrogen and oxygen atoms in total. The summed E-state index contributed by atoms with van der Waals surface area (Å²) in [7, 11) is 0. The summed E-state index contributed by atoms with van der Waals surface area (Å²) in [6.07, 6.45) is 0. The highest BCUT2D eigenvalue weighted by Gasteiger charge is 2.11. The first-order valence-electron chi connectivity index (χ1n) is 9.43. The Labute approximate surface area is 166 Å². The van der Waals surface area contributed by atoms with Gasteiger partial charge in [-0.15, -0.1) is 0 Å². The van der Waals surface area contributed by atoms with Gasteiger partial charge in [0.2, 0.25) is 5.95 Å². The molecule has 0 saturated carbocycles. The SMILES string of the molecule is CC(=O)c1ccc(Nc2nc(C)cc(Nc3c(C)cccc3C(C)C)n2)cc1. The molecule has 5 heteroatoms. The van der Waals surface area contributed by atoms with Crippen LogP contribution < -0.4 is 10.6 Å². The van der Waals surface area contributed by atoms with Gasteiger partial charge in [-0.3, -0.25) is 4.79 Å². The van der Waals surface area contributed by atoms with Gasteiger partial charge in [0.25, 0.3) is 0 Å². The Kier molecular flexibility index (Phi) is 5.73. The zero-order valence-corrected chi connectivity index (χ0v) is 17.0. The highest BCUT2D eigenvalue weighted by Crippen LogP contribution is 2.30. The van der Waals surface area contributed by atoms with Crippen molar-refractivity contribution in [3.05, 3.63) is 70.9 Å². The van der Waals surface area contributed by atoms with Gasteiger partial charge in [-0.25, -0.2) is 4.98 Å². The number of Topliss-reactive ketones (excluding diaryl/α,β-unsaturated/α-hetero) is 1. The number of hydrogen-bond donors (Lipinski definition) is 2. The van der Waals surface area contributed by atoms with Gasteiger partial charge < -0.3 is 10.6 Å². The third-order valence-electron chi connectivity index (χ3n) is 4.58. The van der Waals surface area contributed by atoms with E-state index >= 15 is 0 Å². The van der Waals surface area contributed by atoms with Crippen molar-refractivity contribution >= 4 is 28.9 Å². The fourth-order valence-corrected chi connectivity index (χ4v) is 3.08. The van der Waals surface area contributed by atoms with Gasteiger partial charge in [0, 0.05) is 28.7 Å². The minimum atomic E-state index is 0.0454. The molecule has 0 saturated heterocycles. The zero-order chi connectivity index (χ0) is 20.3. The first-order chi connectivity index (χ1) is 13.3. The van der Waals surface area contributed by atoms with Gasteiger partial charge in [-0.05, 0) is 62.1 Å². The Morgan fingerprint density at radius 1 is 0.964 bits per heavy atom. The molecule has 0 radical (unpaired) electrons. The van der Waals surface area contributed by atoms with Crippen LogP contribution in [0.15, 0.2) is 48.5 Å². The Bertz CT molecular complexity index is 994. The topological polar surface area (TPSA) is 66.9 Å². The summed E-state index contributed by atoms with van der Waals surface area (Å²) >= 11 is 0. The predicted molar refractivity (Wildman–Crippen MR) is 115 cm³/mol. The van der Waals surface area contributed by atoms with Crippen molar-refractivity contribution in [1.82, 2.24) is 9.97 Å². The molecule has 0 aliphatic rings. The number of carbonyl (C=O) groups is 1. The van der Waals surface area contributed by atoms with Gasteiger partial charge >= 0.3 is 0 Å². The summed E-state index contributed by atoms with van der Waals surface area (Å²) in [6.45, 7) is 9.96. The van der Waals surface area contributed by atoms with Crippen LogP contribution in [0.5, 0.6) is 0 Å². The van der Waals surface area contributed by atoms with Gasteiger partial charge in [-0.2, -0.15) is 4.98 Å². The molecule has 2 aromatic carbocycles. The van der Waals surface area contributed by atoms with E-state index < -0.39 is 0 Å². The number of ketones is 1. The van der Waals surface area contributed by atoms with Gasteiger partial charge in [0.15, 0.2) is 5.78 Å². The van der Waals surface area contributed by atoms with Gasteiger partial charge in [0.1, 0.15) is 5.82 Å². The third kappa shape index (κ3) is 4.55. The lowest BCUT2D eigenvalue weighted by Crippen LogP contribution is -2.05. The van der Waals surface area contributed by atoms with Crippen LogP contribution >= 0.6 is 0 Å². The van der Waals surface area contributed by atoms with Gasteiger partial charge in [0.05, 0.1) is 0 Å². The van der Waals surface area contributed by atoms with Crippen molar-refractivity contribution in [3.8, 4) is 0 Å². The molecule has 3 rings (SSSR count). The average Bonchev–Trinajstić information content (AvgIpc) is 2.63. The molecule has 3 aromatic rings. The molecule has 1 aromatic heterocycles. The molecule has 0 unspecified atom stereocenters. The Morgan fingerprint density at radius 3 is 2.32 bits per heavy atom. The maximum Gasteiger partial charge on any atom is 0.229 e. The second-order valence-electron chi connectivity index (χ2n) is 7.30. The summed E-state index contributed by atoms with van der Waals surface area (Å²) in [5.41, 5.74) is 5.90. The second kappa shape index (κ2) is 8.21. The number of aromatic nitrogens is 2. The van der Waals surface area contributed by atoms with Crippen molar-refractivity contribution in [2.45, 2.75) is 40.5 Å². The van der Waals surface area contributed by atoms with E-state index in [9.17, 15) is 4.79 Å². The van der Waals surface area contributed by atoms with Crippen LogP contribution in [0.25, 0.3) is 0 Å². The summed E-state index contributed by atoms with van der Waals surface area (Å²) in [5, 5.41) is 6.69. The van der Waals surface area contributed by atoms with E-state index in [2.05, 4.69) is 59.6 Å². The second-order valence-corrected chi connectivity index (χ2v) is 7.30. The fourth-order valence-electron chi connectivity index (χ4n) is 3.08. The van der Waals surface area contributed by atoms with E-state index in [0.717, 1.165) is 22.9 Å². The molecule has 0 aliphatic carbocycles. The standard InChI is InChI=1S/C23H26N4O/c1-14(2)20-8-6-7-15(3)22(20)26-21-13-16(4)24-23(27-21)25-19-11-9-18(10-12-19)17(5)28/h6-14H,1-5H3,(H2,24,25,26,27). The van der Waals surface area contributed by atoms with Crippen LogP contribution in [0.3, 0.4) is 0 Å². The molecule has 2 N–H and O–H groups in total. The van der Waals surface area contributed by atoms with Crippen LogP contribution in [-0.4, -0.2) is 15.8 Å². The monoisotopic (exact) mass is 374 g/mol. The largest absolute Gasteiger partial charge is 0.340 e. The molecule has 0 amide bonds. The number of rotatable bonds is 6. The zero-order valence-electron chi connectivity index (χ0n) is 17.0. The number of hydrogen-bond acceptors (Lipinski definition) is 5. The Balaban J connectivity index is 1.87. The normalized spacial score (nSPS) is 10.8. The van der Waals surface area contributed by atoms with Crippen molar-refractivity contribution in [3.63, 3.8) is 0 Å². The molecule has 28 heavy (non-hydrogen) atoms. The number of anilines is 4. The number of nitrogens with one attached hydrogen (secondary N) is 2. The van der Waals surface area contributed by atoms with Crippen molar-refractivity contribution in [2.24, 2.45) is 0 Å². The fraction of sp³-hybridized carbons (Fsp3) is 0.261. The Hall–Kier alpha value is -3.21. The predicted octanol–water partition coefficient (Wildman–Crippen LogP) is 5.91. The summed E-state index contributed by atoms with van der Waals surface area (Å²) in [4.78, 5) is 20.5. The molecular formula is C23H26N4O. The molecule has 0 fully saturated rings. The van der Waals surface area contributed by atoms with Gasteiger partial charge in [-0.1, -0.05) is 32.0 Å². The van der Waals surface area contributed by atoms with Crippen molar-refractivity contribution < 1.29 is 4.79 Å². The molecular weight excluding hydrogens is 348 g/mol. The molecule has 0 aliphatic heterocycles. The third-order valence-corrected chi connectivity index (χ3v) is 4.58. The van der Waals surface area contributed by atoms with E-state index in [4.69, 9.17) is 0 Å². The number of benzene rings is 2. The Morgan fingerprint density at radius 2 is 1.68 bits per heavy atom. The highest BCUT2D eigenvalue weighted by molar-refractivity contribution is 5.94. The molecule has 1 heterocycles. The maximum atomic E-state index is 11.4. The van der Waals surface area contributed by atoms with E-state index in [-0.39, 0.29) is 5.78 Å². The van der Waals surface area contributed by atoms with Crippen LogP contribution in [0.4, 0.5) is 23.1 Å². The highest BCUT2D eigenvalue weighted by atomic mass is 16.1. The maximum absolute atomic E-state index is 11.4. The van der Waals surface area contributed by atoms with Crippen molar-refractivity contribution in [1.29, 1.82) is 0 Å². The van der Waals surface area contributed by atoms with E-state index in [1.165, 1.54) is 11.1 Å². The lowest BCUT2D eigenvalue weighted by Gasteiger charge is -2.17. The first-order valence-corrected chi connectivity index (χ1v) is 9.43. The summed E-state index contributed by atoms with van der Waals surface area (Å²) in [6, 6.07) is 15.5. The van der Waals surface area contributed by atoms with Crippen LogP contribution in [-0.2, 0) is 0 Å². The molecule has 0 atom stereocenters. The van der Waals surface area contributed by atoms with Crippen LogP contribution in [0.1, 0.15) is 53.9 Å². The van der Waals surface area contributed by atoms with E-state index in [0.29, 0.717) is 17.4 Å². The minimum Gasteiger partial charge on any atom is -0.340 e. The number of aryl methyl sites for hydroxylation is 2. The summed E-state index contributed by atoms with van der Waals surface area (Å²) < 4.78 is 0. The average molecular weight is 374 g/mol. The summed E-state index contributed by atoms with van der Waals surface area (Å²) in [5.74, 6) is 1.70. The number of para-hydroxylation sites is 1. The lowest BCUT2D eigenvalue weighted by molar-refractivity contribution is 0.101. The number of carbonyl (C=O) groups excluding carboxylic acids is 1. The lowest BCUT2D eigenvalue weighted by atomic mass is 9.98. The van der Waals surface area contributed by atoms with Crippen LogP contribution in [0.2, 0.25) is 0 Å². The van der Waals surface area contributed by atoms with Crippen molar-refractivity contribution in [2.75, 3.05) is 10.6 Å². The van der Waals surface area contributed by atoms with E-state index in [1.54, 1.807) is 19.1 Å².